The molecule has 0 radical (unpaired) electrons. The normalized spacial score (nSPS) is 10.7. The molecule has 3 rings (SSSR count). The molecule has 0 saturated heterocycles. The van der Waals surface area contributed by atoms with Crippen molar-refractivity contribution >= 4 is 40.4 Å². The Morgan fingerprint density at radius 3 is 2.61 bits per heavy atom. The second-order valence-electron chi connectivity index (χ2n) is 5.47. The summed E-state index contributed by atoms with van der Waals surface area (Å²) < 4.78 is 40.6. The van der Waals surface area contributed by atoms with Gasteiger partial charge in [0.05, 0.1) is 15.5 Å². The zero-order chi connectivity index (χ0) is 20.4. The van der Waals surface area contributed by atoms with Crippen LogP contribution in [0.15, 0.2) is 44.9 Å². The van der Waals surface area contributed by atoms with Crippen molar-refractivity contribution in [2.24, 2.45) is 0 Å². The number of nitrogens with zero attached hydrogens (tertiary/aromatic N) is 2. The van der Waals surface area contributed by atoms with Crippen molar-refractivity contribution in [1.29, 1.82) is 0 Å². The van der Waals surface area contributed by atoms with E-state index in [0.717, 1.165) is 29.6 Å². The minimum atomic E-state index is -1.73. The van der Waals surface area contributed by atoms with Crippen molar-refractivity contribution in [1.82, 2.24) is 4.98 Å². The van der Waals surface area contributed by atoms with E-state index in [1.807, 2.05) is 0 Å². The second kappa shape index (κ2) is 7.98. The number of hydrogen-bond acceptors (Lipinski definition) is 6. The highest BCUT2D eigenvalue weighted by atomic mass is 32.2. The highest BCUT2D eigenvalue weighted by Crippen LogP contribution is 2.37. The van der Waals surface area contributed by atoms with Gasteiger partial charge in [-0.15, -0.1) is 11.3 Å². The Morgan fingerprint density at radius 1 is 1.21 bits per heavy atom. The fourth-order valence-electron chi connectivity index (χ4n) is 2.18. The predicted molar refractivity (Wildman–Crippen MR) is 98.3 cm³/mol. The summed E-state index contributed by atoms with van der Waals surface area (Å²) in [5.41, 5.74) is -0.283. The first kappa shape index (κ1) is 19.8. The van der Waals surface area contributed by atoms with Crippen molar-refractivity contribution < 1.29 is 22.9 Å². The lowest BCUT2D eigenvalue weighted by Gasteiger charge is -2.08. The number of nitrogens with one attached hydrogen (secondary N) is 1. The number of hydrogen-bond donors (Lipinski definition) is 1. The van der Waals surface area contributed by atoms with Gasteiger partial charge in [0.15, 0.2) is 21.8 Å². The Morgan fingerprint density at radius 2 is 1.96 bits per heavy atom. The molecule has 0 spiro atoms. The molecule has 1 amide bonds. The molecule has 144 valence electrons. The monoisotopic (exact) mass is 425 g/mol. The SMILES string of the molecule is Cc1csc(Sc2ccc(C(=O)Nc3ccc(F)c(F)c3F)cc2[N+](=O)[O-])n1. The van der Waals surface area contributed by atoms with Crippen LogP contribution in [0.5, 0.6) is 0 Å². The summed E-state index contributed by atoms with van der Waals surface area (Å²) in [7, 11) is 0. The molecule has 6 nitrogen and oxygen atoms in total. The van der Waals surface area contributed by atoms with Crippen LogP contribution in [0.1, 0.15) is 16.1 Å². The molecule has 0 aliphatic heterocycles. The van der Waals surface area contributed by atoms with E-state index in [2.05, 4.69) is 10.3 Å². The van der Waals surface area contributed by atoms with Gasteiger partial charge in [0.1, 0.15) is 0 Å². The average molecular weight is 425 g/mol. The van der Waals surface area contributed by atoms with E-state index in [1.165, 1.54) is 23.5 Å². The van der Waals surface area contributed by atoms with Crippen LogP contribution >= 0.6 is 23.1 Å². The number of benzene rings is 2. The Bertz CT molecular complexity index is 1090. The van der Waals surface area contributed by atoms with Gasteiger partial charge in [-0.05, 0) is 31.2 Å². The van der Waals surface area contributed by atoms with Gasteiger partial charge in [0.2, 0.25) is 0 Å². The van der Waals surface area contributed by atoms with E-state index in [9.17, 15) is 28.1 Å². The summed E-state index contributed by atoms with van der Waals surface area (Å²) >= 11 is 2.40. The molecule has 11 heteroatoms. The zero-order valence-electron chi connectivity index (χ0n) is 14.0. The van der Waals surface area contributed by atoms with Crippen molar-refractivity contribution in [3.63, 3.8) is 0 Å². The standard InChI is InChI=1S/C17H10F3N3O3S2/c1-8-7-27-17(21-8)28-13-5-2-9(6-12(13)23(25)26)16(24)22-11-4-3-10(18)14(19)15(11)20/h2-7H,1H3,(H,22,24). The first-order chi connectivity index (χ1) is 13.3. The summed E-state index contributed by atoms with van der Waals surface area (Å²) in [6.07, 6.45) is 0. The summed E-state index contributed by atoms with van der Waals surface area (Å²) in [5, 5.41) is 15.2. The molecule has 1 N–H and O–H groups in total. The smallest absolute Gasteiger partial charge is 0.284 e. The molecule has 0 aliphatic carbocycles. The van der Waals surface area contributed by atoms with Gasteiger partial charge in [-0.2, -0.15) is 0 Å². The van der Waals surface area contributed by atoms with Crippen LogP contribution in [0.25, 0.3) is 0 Å². The van der Waals surface area contributed by atoms with Crippen molar-refractivity contribution in [3.8, 4) is 0 Å². The summed E-state index contributed by atoms with van der Waals surface area (Å²) in [4.78, 5) is 27.5. The predicted octanol–water partition coefficient (Wildman–Crippen LogP) is 5.18. The number of carbonyl (C=O) groups is 1. The Hall–Kier alpha value is -2.92. The molecular weight excluding hydrogens is 415 g/mol. The first-order valence-electron chi connectivity index (χ1n) is 7.59. The molecule has 28 heavy (non-hydrogen) atoms. The Labute approximate surface area is 164 Å². The fraction of sp³-hybridized carbons (Fsp3) is 0.0588. The van der Waals surface area contributed by atoms with E-state index in [1.54, 1.807) is 12.3 Å². The third kappa shape index (κ3) is 4.15. The third-order valence-corrected chi connectivity index (χ3v) is 5.62. The molecule has 0 unspecified atom stereocenters. The number of aromatic nitrogens is 1. The number of amides is 1. The molecule has 3 aromatic rings. The van der Waals surface area contributed by atoms with E-state index < -0.39 is 34.0 Å². The second-order valence-corrected chi connectivity index (χ2v) is 7.62. The topological polar surface area (TPSA) is 85.1 Å². The van der Waals surface area contributed by atoms with Gasteiger partial charge in [-0.3, -0.25) is 14.9 Å². The van der Waals surface area contributed by atoms with Crippen LogP contribution in [0.2, 0.25) is 0 Å². The van der Waals surface area contributed by atoms with E-state index in [4.69, 9.17) is 0 Å². The molecule has 2 aromatic carbocycles. The molecule has 0 aliphatic rings. The molecule has 0 atom stereocenters. The quantitative estimate of drug-likeness (QED) is 0.346. The fourth-order valence-corrected chi connectivity index (χ4v) is 4.06. The molecule has 1 aromatic heterocycles. The van der Waals surface area contributed by atoms with E-state index in [-0.39, 0.29) is 16.1 Å². The Balaban J connectivity index is 1.88. The number of aryl methyl sites for hydroxylation is 1. The van der Waals surface area contributed by atoms with Gasteiger partial charge in [0, 0.05) is 22.7 Å². The molecule has 0 fully saturated rings. The highest BCUT2D eigenvalue weighted by Gasteiger charge is 2.21. The lowest BCUT2D eigenvalue weighted by Crippen LogP contribution is -2.14. The van der Waals surface area contributed by atoms with Crippen molar-refractivity contribution in [2.45, 2.75) is 16.2 Å². The van der Waals surface area contributed by atoms with E-state index in [0.29, 0.717) is 10.4 Å². The van der Waals surface area contributed by atoms with Crippen LogP contribution in [0.3, 0.4) is 0 Å². The summed E-state index contributed by atoms with van der Waals surface area (Å²) in [6, 6.07) is 5.22. The number of nitro benzene ring substituents is 1. The zero-order valence-corrected chi connectivity index (χ0v) is 15.7. The minimum Gasteiger partial charge on any atom is -0.319 e. The number of halogens is 3. The molecule has 0 bridgehead atoms. The maximum Gasteiger partial charge on any atom is 0.284 e. The summed E-state index contributed by atoms with van der Waals surface area (Å²) in [5.74, 6) is -5.59. The number of carbonyl (C=O) groups excluding carboxylic acids is 1. The van der Waals surface area contributed by atoms with E-state index >= 15 is 0 Å². The maximum atomic E-state index is 13.7. The number of thiazole rings is 1. The lowest BCUT2D eigenvalue weighted by atomic mass is 10.2. The Kier molecular flexibility index (Phi) is 5.66. The molecule has 0 saturated carbocycles. The molecule has 1 heterocycles. The van der Waals surface area contributed by atoms with Crippen LogP contribution < -0.4 is 5.32 Å². The van der Waals surface area contributed by atoms with Crippen LogP contribution in [-0.2, 0) is 0 Å². The van der Waals surface area contributed by atoms with Gasteiger partial charge in [0.25, 0.3) is 11.6 Å². The van der Waals surface area contributed by atoms with Crippen LogP contribution in [0.4, 0.5) is 24.5 Å². The maximum absolute atomic E-state index is 13.7. The first-order valence-corrected chi connectivity index (χ1v) is 9.29. The van der Waals surface area contributed by atoms with Gasteiger partial charge >= 0.3 is 0 Å². The molecular formula is C17H10F3N3O3S2. The van der Waals surface area contributed by atoms with Gasteiger partial charge in [-0.25, -0.2) is 18.2 Å². The average Bonchev–Trinajstić information content (AvgIpc) is 3.07. The van der Waals surface area contributed by atoms with Gasteiger partial charge in [-0.1, -0.05) is 11.8 Å². The minimum absolute atomic E-state index is 0.143. The van der Waals surface area contributed by atoms with Gasteiger partial charge < -0.3 is 5.32 Å². The third-order valence-electron chi connectivity index (χ3n) is 3.50. The number of rotatable bonds is 5. The van der Waals surface area contributed by atoms with Crippen LogP contribution in [0, 0.1) is 34.5 Å². The number of anilines is 1. The lowest BCUT2D eigenvalue weighted by molar-refractivity contribution is -0.387. The summed E-state index contributed by atoms with van der Waals surface area (Å²) in [6.45, 7) is 1.79. The van der Waals surface area contributed by atoms with Crippen molar-refractivity contribution in [2.75, 3.05) is 5.32 Å². The largest absolute Gasteiger partial charge is 0.319 e. The number of nitro groups is 1. The van der Waals surface area contributed by atoms with Crippen molar-refractivity contribution in [3.05, 3.63) is 74.5 Å². The highest BCUT2D eigenvalue weighted by molar-refractivity contribution is 8.01. The van der Waals surface area contributed by atoms with Crippen LogP contribution in [-0.4, -0.2) is 15.8 Å².